The van der Waals surface area contributed by atoms with Crippen LogP contribution in [0.2, 0.25) is 10.0 Å². The first-order valence-electron chi connectivity index (χ1n) is 11.2. The van der Waals surface area contributed by atoms with Crippen LogP contribution in [0.1, 0.15) is 37.3 Å². The number of aryl methyl sites for hydroxylation is 1. The highest BCUT2D eigenvalue weighted by molar-refractivity contribution is 7.88. The van der Waals surface area contributed by atoms with Crippen LogP contribution < -0.4 is 10.1 Å². The molecule has 2 aromatic carbocycles. The number of halogens is 2. The molecule has 1 amide bonds. The molecule has 33 heavy (non-hydrogen) atoms. The van der Waals surface area contributed by atoms with E-state index in [1.807, 2.05) is 12.1 Å². The van der Waals surface area contributed by atoms with Gasteiger partial charge in [-0.1, -0.05) is 54.7 Å². The minimum Gasteiger partial charge on any atom is -0.492 e. The molecule has 180 valence electrons. The van der Waals surface area contributed by atoms with Gasteiger partial charge in [0.2, 0.25) is 15.9 Å². The van der Waals surface area contributed by atoms with Gasteiger partial charge in [0, 0.05) is 34.6 Å². The first kappa shape index (κ1) is 25.8. The number of rotatable bonds is 10. The van der Waals surface area contributed by atoms with Crippen molar-refractivity contribution in [1.29, 1.82) is 0 Å². The van der Waals surface area contributed by atoms with Gasteiger partial charge in [0.1, 0.15) is 12.4 Å². The van der Waals surface area contributed by atoms with E-state index in [0.29, 0.717) is 54.7 Å². The van der Waals surface area contributed by atoms with Crippen molar-refractivity contribution in [3.8, 4) is 5.75 Å². The van der Waals surface area contributed by atoms with Crippen molar-refractivity contribution in [3.05, 3.63) is 63.6 Å². The first-order chi connectivity index (χ1) is 15.8. The van der Waals surface area contributed by atoms with Crippen LogP contribution in [0.25, 0.3) is 0 Å². The SMILES string of the molecule is CCCc1ccc(OCCNC(=O)C2CCN(S(=O)(=O)Cc3c(Cl)cccc3Cl)CC2)cc1. The molecule has 1 fully saturated rings. The number of piperidine rings is 1. The molecule has 1 aliphatic rings. The highest BCUT2D eigenvalue weighted by Crippen LogP contribution is 2.29. The summed E-state index contributed by atoms with van der Waals surface area (Å²) in [6, 6.07) is 12.9. The van der Waals surface area contributed by atoms with Crippen LogP contribution >= 0.6 is 23.2 Å². The quantitative estimate of drug-likeness (QED) is 0.468. The lowest BCUT2D eigenvalue weighted by Gasteiger charge is -2.30. The van der Waals surface area contributed by atoms with Gasteiger partial charge in [-0.05, 0) is 49.1 Å². The zero-order valence-electron chi connectivity index (χ0n) is 18.7. The molecular weight excluding hydrogens is 483 g/mol. The molecule has 0 bridgehead atoms. The third-order valence-electron chi connectivity index (χ3n) is 5.74. The molecule has 0 unspecified atom stereocenters. The molecule has 6 nitrogen and oxygen atoms in total. The molecule has 0 aliphatic carbocycles. The number of nitrogens with zero attached hydrogens (tertiary/aromatic N) is 1. The Hall–Kier alpha value is -1.80. The largest absolute Gasteiger partial charge is 0.492 e. The lowest BCUT2D eigenvalue weighted by atomic mass is 9.97. The summed E-state index contributed by atoms with van der Waals surface area (Å²) in [5.74, 6) is 0.247. The van der Waals surface area contributed by atoms with Gasteiger partial charge in [-0.3, -0.25) is 4.79 Å². The lowest BCUT2D eigenvalue weighted by molar-refractivity contribution is -0.126. The fourth-order valence-corrected chi connectivity index (χ4v) is 6.18. The van der Waals surface area contributed by atoms with Gasteiger partial charge in [0.05, 0.1) is 12.3 Å². The van der Waals surface area contributed by atoms with E-state index in [0.717, 1.165) is 18.6 Å². The zero-order chi connectivity index (χ0) is 23.8. The Morgan fingerprint density at radius 1 is 1.09 bits per heavy atom. The Bertz CT molecular complexity index is 1020. The Morgan fingerprint density at radius 3 is 2.33 bits per heavy atom. The maximum Gasteiger partial charge on any atom is 0.223 e. The monoisotopic (exact) mass is 512 g/mol. The van der Waals surface area contributed by atoms with Crippen molar-refractivity contribution < 1.29 is 17.9 Å². The second kappa shape index (κ2) is 12.1. The number of carbonyl (C=O) groups is 1. The normalized spacial score (nSPS) is 15.4. The molecule has 0 atom stereocenters. The summed E-state index contributed by atoms with van der Waals surface area (Å²) < 4.78 is 32.8. The van der Waals surface area contributed by atoms with Gasteiger partial charge >= 0.3 is 0 Å². The van der Waals surface area contributed by atoms with Gasteiger partial charge in [-0.15, -0.1) is 0 Å². The van der Waals surface area contributed by atoms with Gasteiger partial charge in [0.25, 0.3) is 0 Å². The topological polar surface area (TPSA) is 75.7 Å². The molecule has 9 heteroatoms. The van der Waals surface area contributed by atoms with Crippen molar-refractivity contribution >= 4 is 39.1 Å². The molecule has 1 heterocycles. The second-order valence-electron chi connectivity index (χ2n) is 8.16. The van der Waals surface area contributed by atoms with Crippen LogP contribution in [0.15, 0.2) is 42.5 Å². The average Bonchev–Trinajstić information content (AvgIpc) is 2.80. The third-order valence-corrected chi connectivity index (χ3v) is 8.25. The smallest absolute Gasteiger partial charge is 0.223 e. The van der Waals surface area contributed by atoms with Crippen LogP contribution in [0, 0.1) is 5.92 Å². The molecule has 3 rings (SSSR count). The van der Waals surface area contributed by atoms with E-state index in [-0.39, 0.29) is 17.6 Å². The number of benzene rings is 2. The molecular formula is C24H30Cl2N2O4S. The van der Waals surface area contributed by atoms with E-state index < -0.39 is 10.0 Å². The van der Waals surface area contributed by atoms with Crippen LogP contribution in [0.5, 0.6) is 5.75 Å². The molecule has 1 saturated heterocycles. The summed E-state index contributed by atoms with van der Waals surface area (Å²) in [7, 11) is -3.58. The standard InChI is InChI=1S/C24H30Cl2N2O4S/c1-2-4-18-7-9-20(10-8-18)32-16-13-27-24(29)19-11-14-28(15-12-19)33(30,31)17-21-22(25)5-3-6-23(21)26/h3,5-10,19H,2,4,11-17H2,1H3,(H,27,29). The van der Waals surface area contributed by atoms with Gasteiger partial charge in [-0.2, -0.15) is 0 Å². The van der Waals surface area contributed by atoms with Crippen LogP contribution in [-0.4, -0.2) is 44.9 Å². The van der Waals surface area contributed by atoms with Crippen molar-refractivity contribution in [2.75, 3.05) is 26.2 Å². The first-order valence-corrected chi connectivity index (χ1v) is 13.6. The van der Waals surface area contributed by atoms with Crippen molar-refractivity contribution in [3.63, 3.8) is 0 Å². The summed E-state index contributed by atoms with van der Waals surface area (Å²) in [6.07, 6.45) is 3.10. The Balaban J connectivity index is 1.41. The number of hydrogen-bond acceptors (Lipinski definition) is 4. The summed E-state index contributed by atoms with van der Waals surface area (Å²) in [5.41, 5.74) is 1.68. The van der Waals surface area contributed by atoms with Gasteiger partial charge in [-0.25, -0.2) is 12.7 Å². The van der Waals surface area contributed by atoms with Crippen molar-refractivity contribution in [2.24, 2.45) is 5.92 Å². The van der Waals surface area contributed by atoms with E-state index in [1.165, 1.54) is 9.87 Å². The van der Waals surface area contributed by atoms with Crippen LogP contribution in [-0.2, 0) is 27.0 Å². The summed E-state index contributed by atoms with van der Waals surface area (Å²) in [4.78, 5) is 12.5. The Morgan fingerprint density at radius 2 is 1.73 bits per heavy atom. The Kier molecular flexibility index (Phi) is 9.44. The van der Waals surface area contributed by atoms with E-state index in [2.05, 4.69) is 24.4 Å². The number of nitrogens with one attached hydrogen (secondary N) is 1. The van der Waals surface area contributed by atoms with Gasteiger partial charge < -0.3 is 10.1 Å². The zero-order valence-corrected chi connectivity index (χ0v) is 21.1. The van der Waals surface area contributed by atoms with Crippen LogP contribution in [0.3, 0.4) is 0 Å². The molecule has 1 N–H and O–H groups in total. The van der Waals surface area contributed by atoms with Crippen molar-refractivity contribution in [1.82, 2.24) is 9.62 Å². The second-order valence-corrected chi connectivity index (χ2v) is 10.9. The van der Waals surface area contributed by atoms with E-state index in [4.69, 9.17) is 27.9 Å². The van der Waals surface area contributed by atoms with E-state index >= 15 is 0 Å². The van der Waals surface area contributed by atoms with E-state index in [9.17, 15) is 13.2 Å². The number of hydrogen-bond donors (Lipinski definition) is 1. The van der Waals surface area contributed by atoms with Crippen LogP contribution in [0.4, 0.5) is 0 Å². The lowest BCUT2D eigenvalue weighted by Crippen LogP contribution is -2.44. The Labute approximate surface area is 206 Å². The maximum atomic E-state index is 12.8. The third kappa shape index (κ3) is 7.34. The molecule has 0 spiro atoms. The predicted octanol–water partition coefficient (Wildman–Crippen LogP) is 4.68. The number of ether oxygens (including phenoxy) is 1. The fraction of sp³-hybridized carbons (Fsp3) is 0.458. The highest BCUT2D eigenvalue weighted by Gasteiger charge is 2.31. The van der Waals surface area contributed by atoms with Crippen molar-refractivity contribution in [2.45, 2.75) is 38.4 Å². The summed E-state index contributed by atoms with van der Waals surface area (Å²) in [6.45, 7) is 3.52. The molecule has 2 aromatic rings. The van der Waals surface area contributed by atoms with E-state index in [1.54, 1.807) is 18.2 Å². The number of carbonyl (C=O) groups excluding carboxylic acids is 1. The molecule has 0 saturated carbocycles. The summed E-state index contributed by atoms with van der Waals surface area (Å²) >= 11 is 12.3. The van der Waals surface area contributed by atoms with Gasteiger partial charge in [0.15, 0.2) is 0 Å². The number of amides is 1. The molecule has 0 aromatic heterocycles. The minimum atomic E-state index is -3.58. The minimum absolute atomic E-state index is 0.0666. The average molecular weight is 513 g/mol. The summed E-state index contributed by atoms with van der Waals surface area (Å²) in [5, 5.41) is 3.56. The predicted molar refractivity (Wildman–Crippen MR) is 132 cm³/mol. The highest BCUT2D eigenvalue weighted by atomic mass is 35.5. The number of sulfonamides is 1. The molecule has 0 radical (unpaired) electrons. The maximum absolute atomic E-state index is 12.8. The molecule has 1 aliphatic heterocycles. The fourth-order valence-electron chi connectivity index (χ4n) is 3.87.